The van der Waals surface area contributed by atoms with Gasteiger partial charge < -0.3 is 29.0 Å². The van der Waals surface area contributed by atoms with Crippen molar-refractivity contribution in [1.82, 2.24) is 19.5 Å². The van der Waals surface area contributed by atoms with E-state index in [4.69, 9.17) is 29.0 Å². The summed E-state index contributed by atoms with van der Waals surface area (Å²) in [5, 5.41) is 0. The van der Waals surface area contributed by atoms with Crippen LogP contribution in [0.1, 0.15) is 25.0 Å². The third kappa shape index (κ3) is 8.16. The van der Waals surface area contributed by atoms with Crippen molar-refractivity contribution < 1.29 is 32.6 Å². The number of carbonyl (C=O) groups is 1. The number of anilines is 1. The highest BCUT2D eigenvalue weighted by Crippen LogP contribution is 2.49. The molecule has 3 rings (SSSR count). The highest BCUT2D eigenvalue weighted by Gasteiger charge is 2.26. The second-order valence-electron chi connectivity index (χ2n) is 8.31. The largest absolute Gasteiger partial charge is 0.510 e. The molecular weight excluding hydrogens is 493 g/mol. The number of aromatic nitrogens is 4. The number of nitrogen functional groups attached to an aromatic ring is 1. The maximum Gasteiger partial charge on any atom is 0.510 e. The summed E-state index contributed by atoms with van der Waals surface area (Å²) in [6, 6.07) is 7.47. The van der Waals surface area contributed by atoms with Crippen molar-refractivity contribution in [2.45, 2.75) is 33.9 Å². The van der Waals surface area contributed by atoms with Gasteiger partial charge in [0.1, 0.15) is 6.35 Å². The first kappa shape index (κ1) is 27.3. The van der Waals surface area contributed by atoms with Crippen molar-refractivity contribution in [3.05, 3.63) is 52.1 Å². The van der Waals surface area contributed by atoms with Gasteiger partial charge in [0.15, 0.2) is 11.2 Å². The summed E-state index contributed by atoms with van der Waals surface area (Å²) >= 11 is 0. The van der Waals surface area contributed by atoms with Crippen LogP contribution in [-0.2, 0) is 41.0 Å². The van der Waals surface area contributed by atoms with Crippen molar-refractivity contribution >= 4 is 30.9 Å². The van der Waals surface area contributed by atoms with E-state index in [-0.39, 0.29) is 43.7 Å². The van der Waals surface area contributed by atoms with Crippen LogP contribution in [0.5, 0.6) is 0 Å². The Morgan fingerprint density at radius 1 is 1.19 bits per heavy atom. The predicted molar refractivity (Wildman–Crippen MR) is 130 cm³/mol. The van der Waals surface area contributed by atoms with Crippen molar-refractivity contribution in [2.24, 2.45) is 5.92 Å². The van der Waals surface area contributed by atoms with E-state index < -0.39 is 32.5 Å². The number of benzene rings is 1. The average Bonchev–Trinajstić information content (AvgIpc) is 3.23. The summed E-state index contributed by atoms with van der Waals surface area (Å²) in [7, 11) is -3.83. The molecule has 0 amide bonds. The second kappa shape index (κ2) is 12.6. The molecule has 0 saturated carbocycles. The molecule has 36 heavy (non-hydrogen) atoms. The van der Waals surface area contributed by atoms with Crippen LogP contribution in [0, 0.1) is 12.8 Å². The Morgan fingerprint density at radius 3 is 2.67 bits per heavy atom. The fourth-order valence-electron chi connectivity index (χ4n) is 2.87. The number of nitrogens with one attached hydrogen (secondary N) is 1. The van der Waals surface area contributed by atoms with Crippen LogP contribution in [0.15, 0.2) is 35.4 Å². The van der Waals surface area contributed by atoms with E-state index in [1.807, 2.05) is 45.0 Å². The maximum atomic E-state index is 13.3. The van der Waals surface area contributed by atoms with Crippen molar-refractivity contribution in [3.63, 3.8) is 0 Å². The first-order chi connectivity index (χ1) is 17.1. The number of imidazole rings is 1. The summed E-state index contributed by atoms with van der Waals surface area (Å²) in [4.78, 5) is 34.0. The molecule has 0 aliphatic carbocycles. The van der Waals surface area contributed by atoms with Gasteiger partial charge in [0.2, 0.25) is 12.7 Å². The van der Waals surface area contributed by atoms with E-state index in [9.17, 15) is 14.2 Å². The smallest absolute Gasteiger partial charge is 0.434 e. The number of hydrogen-bond donors (Lipinski definition) is 2. The van der Waals surface area contributed by atoms with Crippen LogP contribution in [0.2, 0.25) is 0 Å². The van der Waals surface area contributed by atoms with Gasteiger partial charge in [0.05, 0.1) is 26.1 Å². The molecule has 2 heterocycles. The fraction of sp³-hybridized carbons (Fsp3) is 0.455. The third-order valence-electron chi connectivity index (χ3n) is 4.73. The maximum absolute atomic E-state index is 13.3. The molecular formula is C22H30N5O8P. The number of nitrogens with zero attached hydrogens (tertiary/aromatic N) is 3. The molecule has 196 valence electrons. The van der Waals surface area contributed by atoms with E-state index in [1.165, 1.54) is 6.33 Å². The molecule has 0 saturated heterocycles. The molecule has 3 N–H and O–H groups in total. The van der Waals surface area contributed by atoms with Gasteiger partial charge in [-0.05, 0) is 18.4 Å². The first-order valence-electron chi connectivity index (χ1n) is 11.2. The normalized spacial score (nSPS) is 13.1. The number of aromatic amines is 1. The van der Waals surface area contributed by atoms with Crippen LogP contribution in [0.25, 0.3) is 11.2 Å². The van der Waals surface area contributed by atoms with Crippen LogP contribution < -0.4 is 11.3 Å². The Kier molecular flexibility index (Phi) is 9.59. The van der Waals surface area contributed by atoms with Crippen LogP contribution in [-0.4, -0.2) is 52.0 Å². The number of aryl methyl sites for hydroxylation is 1. The number of rotatable bonds is 13. The quantitative estimate of drug-likeness (QED) is 0.146. The molecule has 3 aromatic rings. The van der Waals surface area contributed by atoms with E-state index in [0.29, 0.717) is 5.65 Å². The molecule has 13 nitrogen and oxygen atoms in total. The molecule has 14 heteroatoms. The van der Waals surface area contributed by atoms with Crippen molar-refractivity contribution in [3.8, 4) is 0 Å². The van der Waals surface area contributed by atoms with Crippen molar-refractivity contribution in [1.29, 1.82) is 0 Å². The highest BCUT2D eigenvalue weighted by molar-refractivity contribution is 7.53. The molecule has 1 aromatic carbocycles. The minimum absolute atomic E-state index is 0.00313. The lowest BCUT2D eigenvalue weighted by atomic mass is 10.2. The number of carbonyl (C=O) groups excluding carboxylic acids is 1. The van der Waals surface area contributed by atoms with Gasteiger partial charge in [-0.2, -0.15) is 4.98 Å². The summed E-state index contributed by atoms with van der Waals surface area (Å²) in [6.07, 6.45) is 0.0750. The molecule has 0 radical (unpaired) electrons. The minimum atomic E-state index is -3.83. The Balaban J connectivity index is 1.57. The van der Waals surface area contributed by atoms with Gasteiger partial charge in [0.25, 0.3) is 5.56 Å². The Labute approximate surface area is 207 Å². The predicted octanol–water partition coefficient (Wildman–Crippen LogP) is 3.18. The zero-order chi connectivity index (χ0) is 26.1. The summed E-state index contributed by atoms with van der Waals surface area (Å²) in [5.74, 6) is 0.0953. The lowest BCUT2D eigenvalue weighted by molar-refractivity contribution is -0.00922. The number of H-pyrrole nitrogens is 1. The summed E-state index contributed by atoms with van der Waals surface area (Å²) < 4.78 is 41.0. The second-order valence-corrected chi connectivity index (χ2v) is 10.3. The molecule has 0 aliphatic heterocycles. The van der Waals surface area contributed by atoms with E-state index in [0.717, 1.165) is 11.1 Å². The van der Waals surface area contributed by atoms with Gasteiger partial charge in [0, 0.05) is 6.54 Å². The lowest BCUT2D eigenvalue weighted by Gasteiger charge is -2.19. The lowest BCUT2D eigenvalue weighted by Crippen LogP contribution is -2.15. The molecule has 1 atom stereocenters. The van der Waals surface area contributed by atoms with Crippen LogP contribution in [0.3, 0.4) is 0 Å². The Hall–Kier alpha value is -3.25. The molecule has 0 fully saturated rings. The number of ether oxygens (including phenoxy) is 3. The SMILES string of the molecule is Cc1ccc(COP(=O)(COCCn2cnc3c(=O)[nH]c(N)nc32)OCOC(=O)OCC(C)C)cc1. The topological polar surface area (TPSA) is 170 Å². The van der Waals surface area contributed by atoms with Crippen LogP contribution in [0.4, 0.5) is 10.7 Å². The number of hydrogen-bond acceptors (Lipinski definition) is 11. The minimum Gasteiger partial charge on any atom is -0.434 e. The van der Waals surface area contributed by atoms with E-state index >= 15 is 0 Å². The Bertz CT molecular complexity index is 1260. The van der Waals surface area contributed by atoms with Gasteiger partial charge in [-0.15, -0.1) is 0 Å². The molecule has 1 unspecified atom stereocenters. The molecule has 0 spiro atoms. The standard InChI is InChI=1S/C22H30N5O8P/c1-15(2)10-32-22(29)33-13-35-36(30,34-11-17-6-4-16(3)5-7-17)14-31-9-8-27-12-24-18-19(27)25-21(23)26-20(18)28/h4-7,12,15H,8-11,13-14H2,1-3H3,(H3,23,25,26,28). The first-order valence-corrected chi connectivity index (χ1v) is 12.9. The molecule has 2 aromatic heterocycles. The number of nitrogens with two attached hydrogens (primary N) is 1. The fourth-order valence-corrected chi connectivity index (χ4v) is 4.01. The van der Waals surface area contributed by atoms with E-state index in [2.05, 4.69) is 15.0 Å². The van der Waals surface area contributed by atoms with Gasteiger partial charge >= 0.3 is 13.8 Å². The zero-order valence-corrected chi connectivity index (χ0v) is 21.2. The number of fused-ring (bicyclic) bond motifs is 1. The van der Waals surface area contributed by atoms with Crippen LogP contribution >= 0.6 is 7.60 Å². The molecule has 0 bridgehead atoms. The summed E-state index contributed by atoms with van der Waals surface area (Å²) in [6.45, 7) is 5.56. The zero-order valence-electron chi connectivity index (χ0n) is 20.3. The van der Waals surface area contributed by atoms with Crippen molar-refractivity contribution in [2.75, 3.05) is 32.1 Å². The van der Waals surface area contributed by atoms with Gasteiger partial charge in [-0.3, -0.25) is 18.9 Å². The van der Waals surface area contributed by atoms with Gasteiger partial charge in [-0.25, -0.2) is 9.78 Å². The Morgan fingerprint density at radius 2 is 1.94 bits per heavy atom. The van der Waals surface area contributed by atoms with E-state index in [1.54, 1.807) is 4.57 Å². The summed E-state index contributed by atoms with van der Waals surface area (Å²) in [5.41, 5.74) is 7.43. The monoisotopic (exact) mass is 523 g/mol. The highest BCUT2D eigenvalue weighted by atomic mass is 31.2. The third-order valence-corrected chi connectivity index (χ3v) is 6.25. The van der Waals surface area contributed by atoms with Gasteiger partial charge in [-0.1, -0.05) is 43.7 Å². The average molecular weight is 523 g/mol. The molecule has 0 aliphatic rings.